The highest BCUT2D eigenvalue weighted by Crippen LogP contribution is 2.59. The minimum absolute atomic E-state index is 0.00102. The lowest BCUT2D eigenvalue weighted by Gasteiger charge is -2.29. The standard InChI is InChI=1S/C72H96N25O37P7S7/c1-7-32-33(8-45(121-32)91-14-28(2)56(73)83-69(91)103)129-136(108,143)115-19-40-35(9-46(122-40)92-15-29(3)57(74)84-70(92)104)132-140(112,147)120-23-44-55(54(98)66(127-44)97-27-80-51-58(75)78-24-79-59(51)97)134-141(113,148)119-22-42-37(11-48(124-42)94-17-31(5)63(100)90-72(94)106)131-138(110,145)118-21-43-38(13-50(126-43)96-26-82-53-61(96)86-68(77)88-65(53)102)133-139(111,146)117-20-41-36(10-47(123-41)93-16-30(4)62(99)89-71(93)105)130-137(109,144)116-18-39-34(128-135(107,142)114-6)12-49(125-39)95-25-81-52-60(95)85-67(76)87-64(52)101/h14-17,24-27,32-50,54-55,66,98H,7-13,18-23H2,1-6H3,(H,107,142)(H,108,143)(H,109,144)(H,110,145)(H,111,146)(H,112,147)(H,113,148)(H2,73,83,103)(H2,74,84,104)(H2,75,78,79)(H,89,99,105)(H,90,100,106)(H3,76,85,87,101)(H3,77,86,88,102)/t32-,33?,34?,35?,36?,37?,38?,39-,40-,41-,42-,43-,44-,45-,46-,47-,48-,49-,50-,54+,55?,66-,135?,136?,137?,138?,139?,140?,141?/m1/s1. The number of rotatable bonds is 41. The summed E-state index contributed by atoms with van der Waals surface area (Å²) >= 11 is 38.9. The molecule has 0 amide bonds. The van der Waals surface area contributed by atoms with Crippen molar-refractivity contribution >= 4 is 193 Å². The molecule has 10 aromatic heterocycles. The van der Waals surface area contributed by atoms with Gasteiger partial charge in [0.1, 0.15) is 110 Å². The first-order valence-corrected chi connectivity index (χ1v) is 62.3. The van der Waals surface area contributed by atoms with Gasteiger partial charge in [0.2, 0.25) is 11.9 Å². The van der Waals surface area contributed by atoms with Crippen LogP contribution in [0.5, 0.6) is 0 Å². The van der Waals surface area contributed by atoms with Gasteiger partial charge in [-0.05, 0) is 117 Å². The molecule has 148 heavy (non-hydrogen) atoms. The lowest BCUT2D eigenvalue weighted by molar-refractivity contribution is -0.0575. The Morgan fingerprint density at radius 2 is 0.669 bits per heavy atom. The third kappa shape index (κ3) is 25.4. The second-order valence-electron chi connectivity index (χ2n) is 34.4. The third-order valence-electron chi connectivity index (χ3n) is 24.4. The summed E-state index contributed by atoms with van der Waals surface area (Å²) in [6, 6.07) is 0. The molecular formula is C72H96N25O37P7S7. The van der Waals surface area contributed by atoms with Gasteiger partial charge in [0.05, 0.1) is 101 Å². The number of H-pyrrole nitrogens is 4. The second kappa shape index (κ2) is 44.6. The summed E-state index contributed by atoms with van der Waals surface area (Å²) in [5.74, 6) is -0.773. The van der Waals surface area contributed by atoms with Crippen LogP contribution in [0.2, 0.25) is 0 Å². The van der Waals surface area contributed by atoms with Gasteiger partial charge in [-0.3, -0.25) is 75.6 Å². The van der Waals surface area contributed by atoms with Gasteiger partial charge in [-0.15, -0.1) is 0 Å². The van der Waals surface area contributed by atoms with Crippen LogP contribution in [0.4, 0.5) is 29.4 Å². The van der Waals surface area contributed by atoms with Gasteiger partial charge < -0.3 is 160 Å². The van der Waals surface area contributed by atoms with Crippen molar-refractivity contribution in [1.82, 2.24) is 96.8 Å². The Balaban J connectivity index is 0.590. The van der Waals surface area contributed by atoms with Crippen LogP contribution >= 0.6 is 47.0 Å². The number of ether oxygens (including phenoxy) is 7. The van der Waals surface area contributed by atoms with Crippen LogP contribution in [0.3, 0.4) is 0 Å². The summed E-state index contributed by atoms with van der Waals surface area (Å²) in [5.41, 5.74) is 23.9. The van der Waals surface area contributed by atoms with Crippen molar-refractivity contribution in [2.45, 2.75) is 215 Å². The van der Waals surface area contributed by atoms with Gasteiger partial charge in [-0.2, -0.15) is 19.9 Å². The van der Waals surface area contributed by atoms with Crippen LogP contribution in [0, 0.1) is 27.7 Å². The van der Waals surface area contributed by atoms with Crippen LogP contribution < -0.4 is 73.7 Å². The average molecular weight is 2340 g/mol. The number of aliphatic hydroxyl groups is 1. The van der Waals surface area contributed by atoms with E-state index in [1.807, 2.05) is 0 Å². The Morgan fingerprint density at radius 3 is 1.03 bits per heavy atom. The van der Waals surface area contributed by atoms with E-state index in [1.165, 1.54) is 69.7 Å². The highest BCUT2D eigenvalue weighted by Gasteiger charge is 2.54. The lowest BCUT2D eigenvalue weighted by Crippen LogP contribution is -2.36. The molecule has 0 aliphatic carbocycles. The molecule has 7 aliphatic rings. The third-order valence-corrected chi connectivity index (χ3v) is 35.6. The number of fused-ring (bicyclic) bond motifs is 3. The Bertz CT molecular complexity index is 7640. The van der Waals surface area contributed by atoms with E-state index in [2.05, 4.69) is 64.8 Å². The van der Waals surface area contributed by atoms with E-state index < -0.39 is 273 Å². The quantitative estimate of drug-likeness (QED) is 0.0209. The molecule has 808 valence electrons. The van der Waals surface area contributed by atoms with E-state index in [0.29, 0.717) is 17.5 Å². The monoisotopic (exact) mass is 2340 g/mol. The van der Waals surface area contributed by atoms with Crippen molar-refractivity contribution in [3.05, 3.63) is 156 Å². The van der Waals surface area contributed by atoms with Gasteiger partial charge >= 0.3 is 69.8 Å². The zero-order valence-corrected chi connectivity index (χ0v) is 89.4. The molecule has 0 bridgehead atoms. The molecule has 7 aliphatic heterocycles. The number of hydrogen-bond donors (Lipinski definition) is 17. The predicted molar refractivity (Wildman–Crippen MR) is 536 cm³/mol. The number of aliphatic hydroxyl groups excluding tert-OH is 1. The summed E-state index contributed by atoms with van der Waals surface area (Å²) in [7, 11) is 1.11. The number of nitrogens with zero attached hydrogens (tertiary/aromatic N) is 16. The largest absolute Gasteiger partial charge is 0.386 e. The van der Waals surface area contributed by atoms with E-state index in [0.717, 1.165) is 33.3 Å². The van der Waals surface area contributed by atoms with Crippen LogP contribution in [0.15, 0.2) is 88.5 Å². The molecular weight excluding hydrogens is 2250 g/mol. The Labute approximate surface area is 865 Å². The topological polar surface area (TPSA) is 836 Å². The number of imidazole rings is 3. The summed E-state index contributed by atoms with van der Waals surface area (Å²) < 4.78 is 136. The Morgan fingerprint density at radius 1 is 0.358 bits per heavy atom. The highest BCUT2D eigenvalue weighted by atomic mass is 32.5. The molecule has 29 atom stereocenters. The number of nitrogen functional groups attached to an aromatic ring is 5. The van der Waals surface area contributed by atoms with E-state index in [1.54, 1.807) is 20.8 Å². The van der Waals surface area contributed by atoms with Crippen molar-refractivity contribution in [2.24, 2.45) is 0 Å². The average Bonchev–Trinajstić information content (AvgIpc) is 1.62. The summed E-state index contributed by atoms with van der Waals surface area (Å²) in [6.07, 6.45) is -22.1. The lowest BCUT2D eigenvalue weighted by atomic mass is 10.1. The molecule has 0 saturated carbocycles. The fourth-order valence-electron chi connectivity index (χ4n) is 17.2. The van der Waals surface area contributed by atoms with Crippen LogP contribution in [0.25, 0.3) is 33.5 Å². The number of aromatic nitrogens is 20. The number of nitrogens with one attached hydrogen (secondary N) is 4. The molecule has 76 heteroatoms. The van der Waals surface area contributed by atoms with Gasteiger partial charge in [-0.25, -0.2) is 44.1 Å². The molecule has 14 unspecified atom stereocenters. The normalized spacial score (nSPS) is 29.7. The highest BCUT2D eigenvalue weighted by molar-refractivity contribution is 8.09. The van der Waals surface area contributed by atoms with Crippen LogP contribution in [-0.2, 0) is 179 Å². The second-order valence-corrected chi connectivity index (χ2v) is 54.1. The molecule has 17 rings (SSSR count). The summed E-state index contributed by atoms with van der Waals surface area (Å²) in [4.78, 5) is 235. The first-order valence-electron chi connectivity index (χ1n) is 44.2. The minimum Gasteiger partial charge on any atom is -0.386 e. The Hall–Kier alpha value is -7.24. The molecule has 22 N–H and O–H groups in total. The predicted octanol–water partition coefficient (Wildman–Crippen LogP) is -0.795. The van der Waals surface area contributed by atoms with E-state index in [-0.39, 0.29) is 106 Å². The van der Waals surface area contributed by atoms with E-state index in [9.17, 15) is 77.7 Å². The first-order chi connectivity index (χ1) is 69.7. The SMILES string of the molecule is CC[C@H]1O[C@@H](n2cc(C)c(N)nc2=O)CC1OP(O)(=S)OC[C@H]1O[C@@H](n2cc(C)c(N)nc2=O)CC1OP(O)(=S)OC[C@H]1O[C@@H](n2cnc3c(N)ncnc32)[C@@H](O)C1OP(O)(=S)OC[C@H]1O[C@@H](n2cc(C)c(=O)[nH]c2=O)CC1OP(O)(=S)OC[C@H]1O[C@@H](n2cnc3c(=O)[nH]c(N)nc32)CC1OP(O)(=S)OC[C@H]1O[C@@H](n2cc(C)c(=O)[nH]c2=O)CC1OP(O)(=S)OC[C@H]1O[C@@H](n2cnc3c(=O)[nH]c(N)nc32)CC1OP(O)(=S)OC. The maximum atomic E-state index is 13.7. The van der Waals surface area contributed by atoms with Crippen LogP contribution in [0.1, 0.15) is 118 Å². The minimum atomic E-state index is -4.93. The van der Waals surface area contributed by atoms with Crippen molar-refractivity contribution in [3.63, 3.8) is 0 Å². The molecule has 10 aromatic rings. The molecule has 7 saturated heterocycles. The van der Waals surface area contributed by atoms with E-state index >= 15 is 0 Å². The van der Waals surface area contributed by atoms with Gasteiger partial charge in [0.15, 0.2) is 40.0 Å². The number of anilines is 5. The van der Waals surface area contributed by atoms with Crippen molar-refractivity contribution in [1.29, 1.82) is 0 Å². The maximum absolute atomic E-state index is 13.7. The Kier molecular flexibility index (Phi) is 33.7. The number of aryl methyl sites for hydroxylation is 4. The molecule has 0 radical (unpaired) electrons. The van der Waals surface area contributed by atoms with E-state index in [4.69, 9.17) is 208 Å². The molecule has 0 spiro atoms. The van der Waals surface area contributed by atoms with Gasteiger partial charge in [0.25, 0.3) is 22.2 Å². The molecule has 7 fully saturated rings. The molecule has 0 aromatic carbocycles. The van der Waals surface area contributed by atoms with Crippen LogP contribution in [-0.4, -0.2) is 274 Å². The fraction of sp³-hybridized carbons (Fsp3) is 0.569. The number of nitrogens with two attached hydrogens (primary N) is 5. The number of hydrogen-bond acceptors (Lipinski definition) is 51. The zero-order valence-electron chi connectivity index (χ0n) is 77.5. The molecule has 62 nitrogen and oxygen atoms in total. The van der Waals surface area contributed by atoms with Crippen molar-refractivity contribution in [3.8, 4) is 0 Å². The van der Waals surface area contributed by atoms with Crippen molar-refractivity contribution in [2.75, 3.05) is 75.4 Å². The van der Waals surface area contributed by atoms with Gasteiger partial charge in [0, 0.05) is 92.7 Å². The van der Waals surface area contributed by atoms with Gasteiger partial charge in [-0.1, -0.05) is 6.92 Å². The molecule has 17 heterocycles. The van der Waals surface area contributed by atoms with Crippen molar-refractivity contribution < 1.29 is 136 Å². The zero-order chi connectivity index (χ0) is 106. The fourth-order valence-corrected chi connectivity index (χ4v) is 27.0. The maximum Gasteiger partial charge on any atom is 0.351 e. The summed E-state index contributed by atoms with van der Waals surface area (Å²) in [5, 5.41) is 12.5. The number of aromatic amines is 4. The first kappa shape index (κ1) is 112. The summed E-state index contributed by atoms with van der Waals surface area (Å²) in [6.45, 7) is -29.2. The smallest absolute Gasteiger partial charge is 0.351 e.